The van der Waals surface area contributed by atoms with Crippen LogP contribution >= 0.6 is 0 Å². The van der Waals surface area contributed by atoms with E-state index in [1.807, 2.05) is 0 Å². The lowest BCUT2D eigenvalue weighted by Gasteiger charge is -2.07. The molecule has 5 aromatic rings. The van der Waals surface area contributed by atoms with E-state index in [0.717, 1.165) is 28.8 Å². The fraction of sp³-hybridized carbons (Fsp3) is 0.0455. The third-order valence-electron chi connectivity index (χ3n) is 5.02. The van der Waals surface area contributed by atoms with Crippen LogP contribution in [0.4, 0.5) is 22.0 Å². The van der Waals surface area contributed by atoms with Crippen LogP contribution in [0.5, 0.6) is 0 Å². The second-order valence-corrected chi connectivity index (χ2v) is 7.03. The summed E-state index contributed by atoms with van der Waals surface area (Å²) in [6.07, 6.45) is -4.48. The molecule has 0 spiro atoms. The summed E-state index contributed by atoms with van der Waals surface area (Å²) in [6, 6.07) is 11.9. The number of H-pyrrole nitrogens is 1. The van der Waals surface area contributed by atoms with Gasteiger partial charge in [-0.3, -0.25) is 9.89 Å². The van der Waals surface area contributed by atoms with Gasteiger partial charge in [-0.05, 0) is 30.3 Å². The number of rotatable bonds is 2. The fourth-order valence-electron chi connectivity index (χ4n) is 3.48. The Morgan fingerprint density at radius 2 is 1.62 bits per heavy atom. The standard InChI is InChI=1S/C22H11F5N4O/c23-13-8-9-14(17(24)10-13)15-2-1-3-16-18(15)28-21-29-19(30-31(21)20(16)32)11-4-6-12(7-5-11)22(25,26)27/h1-10H,(H,28,29,30). The Labute approximate surface area is 175 Å². The normalized spacial score (nSPS) is 12.0. The van der Waals surface area contributed by atoms with Gasteiger partial charge in [-0.25, -0.2) is 13.8 Å². The van der Waals surface area contributed by atoms with Crippen molar-refractivity contribution in [3.63, 3.8) is 0 Å². The van der Waals surface area contributed by atoms with Crippen LogP contribution in [-0.4, -0.2) is 19.6 Å². The molecule has 0 radical (unpaired) electrons. The zero-order chi connectivity index (χ0) is 22.6. The number of aromatic nitrogens is 4. The average Bonchev–Trinajstić information content (AvgIpc) is 3.18. The Morgan fingerprint density at radius 1 is 0.875 bits per heavy atom. The molecule has 0 fully saturated rings. The number of para-hydroxylation sites is 1. The maximum Gasteiger partial charge on any atom is 0.416 e. The first kappa shape index (κ1) is 19.9. The summed E-state index contributed by atoms with van der Waals surface area (Å²) >= 11 is 0. The van der Waals surface area contributed by atoms with E-state index in [4.69, 9.17) is 0 Å². The monoisotopic (exact) mass is 442 g/mol. The number of fused-ring (bicyclic) bond motifs is 2. The fourth-order valence-corrected chi connectivity index (χ4v) is 3.48. The van der Waals surface area contributed by atoms with E-state index in [0.29, 0.717) is 5.56 Å². The van der Waals surface area contributed by atoms with Gasteiger partial charge in [-0.2, -0.15) is 22.7 Å². The van der Waals surface area contributed by atoms with Gasteiger partial charge < -0.3 is 0 Å². The van der Waals surface area contributed by atoms with Crippen molar-refractivity contribution in [1.82, 2.24) is 19.6 Å². The molecule has 0 atom stereocenters. The maximum absolute atomic E-state index is 14.4. The van der Waals surface area contributed by atoms with Crippen molar-refractivity contribution in [3.8, 4) is 22.5 Å². The summed E-state index contributed by atoms with van der Waals surface area (Å²) in [5, 5.41) is 2.89. The number of aromatic amines is 1. The molecule has 3 aromatic carbocycles. The number of nitrogens with zero attached hydrogens (tertiary/aromatic N) is 3. The summed E-state index contributed by atoms with van der Waals surface area (Å²) in [5.41, 5.74) is -0.528. The van der Waals surface area contributed by atoms with Crippen molar-refractivity contribution in [2.24, 2.45) is 0 Å². The molecule has 10 heteroatoms. The van der Waals surface area contributed by atoms with Crippen LogP contribution in [-0.2, 0) is 6.18 Å². The quantitative estimate of drug-likeness (QED) is 0.382. The van der Waals surface area contributed by atoms with Crippen LogP contribution in [0.15, 0.2) is 65.5 Å². The molecule has 5 nitrogen and oxygen atoms in total. The number of nitrogens with one attached hydrogen (secondary N) is 1. The van der Waals surface area contributed by atoms with Gasteiger partial charge in [-0.1, -0.05) is 24.3 Å². The second-order valence-electron chi connectivity index (χ2n) is 7.03. The molecule has 5 rings (SSSR count). The maximum atomic E-state index is 14.4. The smallest absolute Gasteiger partial charge is 0.271 e. The molecular weight excluding hydrogens is 431 g/mol. The Bertz CT molecular complexity index is 1550. The molecule has 0 saturated heterocycles. The topological polar surface area (TPSA) is 63.0 Å². The number of alkyl halides is 3. The van der Waals surface area contributed by atoms with Crippen LogP contribution in [0.2, 0.25) is 0 Å². The molecule has 0 amide bonds. The minimum atomic E-state index is -4.48. The van der Waals surface area contributed by atoms with Gasteiger partial charge in [0, 0.05) is 22.8 Å². The highest BCUT2D eigenvalue weighted by Gasteiger charge is 2.30. The van der Waals surface area contributed by atoms with Gasteiger partial charge in [-0.15, -0.1) is 0 Å². The van der Waals surface area contributed by atoms with Crippen molar-refractivity contribution in [1.29, 1.82) is 0 Å². The number of halogens is 5. The number of hydrogen-bond acceptors (Lipinski definition) is 3. The van der Waals surface area contributed by atoms with Gasteiger partial charge in [0.15, 0.2) is 5.82 Å². The van der Waals surface area contributed by atoms with E-state index in [-0.39, 0.29) is 33.6 Å². The van der Waals surface area contributed by atoms with Crippen LogP contribution in [0.1, 0.15) is 5.56 Å². The van der Waals surface area contributed by atoms with Crippen molar-refractivity contribution in [3.05, 3.63) is 88.2 Å². The highest BCUT2D eigenvalue weighted by molar-refractivity contribution is 5.94. The van der Waals surface area contributed by atoms with Gasteiger partial charge >= 0.3 is 6.18 Å². The zero-order valence-electron chi connectivity index (χ0n) is 15.9. The van der Waals surface area contributed by atoms with Crippen LogP contribution in [0.25, 0.3) is 39.2 Å². The largest absolute Gasteiger partial charge is 0.416 e. The minimum Gasteiger partial charge on any atom is -0.271 e. The summed E-state index contributed by atoms with van der Waals surface area (Å²) in [4.78, 5) is 21.6. The molecule has 0 aliphatic carbocycles. The van der Waals surface area contributed by atoms with E-state index in [1.165, 1.54) is 24.3 Å². The number of benzene rings is 3. The summed E-state index contributed by atoms with van der Waals surface area (Å²) in [5.74, 6) is -1.47. The molecule has 0 saturated carbocycles. The zero-order valence-corrected chi connectivity index (χ0v) is 15.9. The molecule has 1 N–H and O–H groups in total. The summed E-state index contributed by atoms with van der Waals surface area (Å²) < 4.78 is 67.2. The van der Waals surface area contributed by atoms with E-state index in [2.05, 4.69) is 15.1 Å². The van der Waals surface area contributed by atoms with Crippen molar-refractivity contribution in [2.45, 2.75) is 6.18 Å². The van der Waals surface area contributed by atoms with Crippen molar-refractivity contribution in [2.75, 3.05) is 0 Å². The number of hydrogen-bond donors (Lipinski definition) is 1. The average molecular weight is 442 g/mol. The van der Waals surface area contributed by atoms with Crippen LogP contribution < -0.4 is 5.56 Å². The Hall–Kier alpha value is -4.08. The molecule has 160 valence electrons. The lowest BCUT2D eigenvalue weighted by molar-refractivity contribution is -0.137. The molecule has 0 unspecified atom stereocenters. The third kappa shape index (κ3) is 3.20. The van der Waals surface area contributed by atoms with Gasteiger partial charge in [0.25, 0.3) is 11.3 Å². The Morgan fingerprint density at radius 3 is 2.31 bits per heavy atom. The summed E-state index contributed by atoms with van der Waals surface area (Å²) in [7, 11) is 0. The van der Waals surface area contributed by atoms with E-state index < -0.39 is 28.9 Å². The Kier molecular flexibility index (Phi) is 4.33. The van der Waals surface area contributed by atoms with Gasteiger partial charge in [0.2, 0.25) is 0 Å². The van der Waals surface area contributed by atoms with Crippen molar-refractivity contribution >= 4 is 16.7 Å². The molecule has 0 aliphatic rings. The first-order valence-corrected chi connectivity index (χ1v) is 9.27. The second kappa shape index (κ2) is 6.98. The molecule has 0 bridgehead atoms. The highest BCUT2D eigenvalue weighted by Crippen LogP contribution is 2.31. The molecule has 32 heavy (non-hydrogen) atoms. The summed E-state index contributed by atoms with van der Waals surface area (Å²) in [6.45, 7) is 0. The molecule has 2 aromatic heterocycles. The van der Waals surface area contributed by atoms with Crippen LogP contribution in [0, 0.1) is 11.6 Å². The predicted octanol–water partition coefficient (Wildman–Crippen LogP) is 5.20. The first-order valence-electron chi connectivity index (χ1n) is 9.27. The van der Waals surface area contributed by atoms with Gasteiger partial charge in [0.05, 0.1) is 16.5 Å². The lowest BCUT2D eigenvalue weighted by atomic mass is 10.0. The van der Waals surface area contributed by atoms with E-state index in [1.54, 1.807) is 12.1 Å². The third-order valence-corrected chi connectivity index (χ3v) is 5.02. The lowest BCUT2D eigenvalue weighted by Crippen LogP contribution is -2.15. The van der Waals surface area contributed by atoms with Crippen LogP contribution in [0.3, 0.4) is 0 Å². The molecular formula is C22H11F5N4O. The predicted molar refractivity (Wildman–Crippen MR) is 107 cm³/mol. The molecule has 0 aliphatic heterocycles. The molecule has 2 heterocycles. The Balaban J connectivity index is 1.69. The van der Waals surface area contributed by atoms with E-state index in [9.17, 15) is 26.7 Å². The SMILES string of the molecule is O=c1c2cccc(-c3ccc(F)cc3F)c2nc2nc(-c3ccc(C(F)(F)F)cc3)[nH]n12. The van der Waals surface area contributed by atoms with Gasteiger partial charge in [0.1, 0.15) is 11.6 Å². The highest BCUT2D eigenvalue weighted by atomic mass is 19.4. The van der Waals surface area contributed by atoms with Crippen molar-refractivity contribution < 1.29 is 22.0 Å². The van der Waals surface area contributed by atoms with E-state index >= 15 is 0 Å². The minimum absolute atomic E-state index is 0.0487. The first-order chi connectivity index (χ1) is 15.2.